The highest BCUT2D eigenvalue weighted by atomic mass is 79.9. The van der Waals surface area contributed by atoms with Crippen molar-refractivity contribution in [2.24, 2.45) is 0 Å². The molecule has 0 aromatic carbocycles. The zero-order valence-corrected chi connectivity index (χ0v) is 10.5. The largest absolute Gasteiger partial charge is 0.463 e. The second kappa shape index (κ2) is 4.34. The summed E-state index contributed by atoms with van der Waals surface area (Å²) in [6.07, 6.45) is 0. The van der Waals surface area contributed by atoms with Crippen LogP contribution in [0, 0.1) is 0 Å². The summed E-state index contributed by atoms with van der Waals surface area (Å²) in [5, 5.41) is 1.72. The van der Waals surface area contributed by atoms with E-state index in [-0.39, 0.29) is 0 Å². The first-order valence-corrected chi connectivity index (χ1v) is 5.59. The number of ketones is 1. The number of hydrogen-bond donors (Lipinski definition) is 0. The van der Waals surface area contributed by atoms with Gasteiger partial charge in [-0.05, 0) is 31.9 Å². The summed E-state index contributed by atoms with van der Waals surface area (Å²) in [5.74, 6) is -1.49. The molecule has 1 aromatic rings. The minimum absolute atomic E-state index is 0.346. The molecule has 70 valence electrons. The zero-order valence-electron chi connectivity index (χ0n) is 6.47. The number of ether oxygens (including phenoxy) is 1. The third-order valence-corrected chi connectivity index (χ3v) is 4.79. The van der Waals surface area contributed by atoms with Crippen molar-refractivity contribution >= 4 is 54.9 Å². The average Bonchev–Trinajstić information content (AvgIpc) is 2.45. The van der Waals surface area contributed by atoms with Crippen LogP contribution >= 0.6 is 43.2 Å². The number of rotatable bonds is 2. The van der Waals surface area contributed by atoms with Crippen molar-refractivity contribution in [3.63, 3.8) is 0 Å². The van der Waals surface area contributed by atoms with Gasteiger partial charge in [-0.3, -0.25) is 4.79 Å². The van der Waals surface area contributed by atoms with E-state index in [0.717, 1.165) is 4.47 Å². The molecule has 1 rings (SSSR count). The summed E-state index contributed by atoms with van der Waals surface area (Å²) in [6, 6.07) is 0. The first-order chi connectivity index (χ1) is 6.07. The van der Waals surface area contributed by atoms with Gasteiger partial charge in [-0.25, -0.2) is 4.79 Å². The molecule has 6 heteroatoms. The third kappa shape index (κ3) is 2.18. The molecular formula is C7H4Br2O3S. The van der Waals surface area contributed by atoms with E-state index in [1.165, 1.54) is 18.4 Å². The van der Waals surface area contributed by atoms with Gasteiger partial charge in [0.15, 0.2) is 0 Å². The SMILES string of the molecule is COC(=O)C(=O)c1scc(Br)c1Br. The number of methoxy groups -OCH3 is 1. The molecule has 0 unspecified atom stereocenters. The molecule has 1 aromatic heterocycles. The van der Waals surface area contributed by atoms with E-state index in [1.807, 2.05) is 0 Å². The molecule has 1 heterocycles. The molecule has 0 aliphatic heterocycles. The van der Waals surface area contributed by atoms with E-state index < -0.39 is 11.8 Å². The van der Waals surface area contributed by atoms with E-state index in [9.17, 15) is 9.59 Å². The predicted octanol–water partition coefficient (Wildman–Crippen LogP) is 2.63. The van der Waals surface area contributed by atoms with Crippen molar-refractivity contribution in [3.8, 4) is 0 Å². The molecule has 13 heavy (non-hydrogen) atoms. The molecule has 0 saturated heterocycles. The number of carbonyl (C=O) groups excluding carboxylic acids is 2. The first kappa shape index (κ1) is 10.9. The van der Waals surface area contributed by atoms with Gasteiger partial charge in [-0.15, -0.1) is 11.3 Å². The van der Waals surface area contributed by atoms with Crippen LogP contribution in [0.1, 0.15) is 9.67 Å². The minimum Gasteiger partial charge on any atom is -0.463 e. The molecule has 0 spiro atoms. The summed E-state index contributed by atoms with van der Waals surface area (Å²) in [4.78, 5) is 22.5. The molecule has 0 amide bonds. The van der Waals surface area contributed by atoms with Crippen molar-refractivity contribution in [3.05, 3.63) is 19.2 Å². The maximum Gasteiger partial charge on any atom is 0.380 e. The lowest BCUT2D eigenvalue weighted by Crippen LogP contribution is -2.14. The average molecular weight is 328 g/mol. The van der Waals surface area contributed by atoms with Crippen molar-refractivity contribution in [1.82, 2.24) is 0 Å². The molecule has 0 N–H and O–H groups in total. The Balaban J connectivity index is 3.02. The fourth-order valence-electron chi connectivity index (χ4n) is 0.661. The van der Waals surface area contributed by atoms with Crippen molar-refractivity contribution in [1.29, 1.82) is 0 Å². The quantitative estimate of drug-likeness (QED) is 0.476. The van der Waals surface area contributed by atoms with Crippen LogP contribution < -0.4 is 0 Å². The van der Waals surface area contributed by atoms with Gasteiger partial charge in [0.1, 0.15) is 0 Å². The number of carbonyl (C=O) groups is 2. The lowest BCUT2D eigenvalue weighted by Gasteiger charge is -1.95. The summed E-state index contributed by atoms with van der Waals surface area (Å²) in [5.41, 5.74) is 0. The normalized spacial score (nSPS) is 9.77. The third-order valence-electron chi connectivity index (χ3n) is 1.27. The maximum atomic E-state index is 11.3. The van der Waals surface area contributed by atoms with E-state index in [2.05, 4.69) is 36.6 Å². The Bertz CT molecular complexity index is 359. The molecule has 0 bridgehead atoms. The van der Waals surface area contributed by atoms with Crippen LogP contribution in [0.15, 0.2) is 14.3 Å². The van der Waals surface area contributed by atoms with Crippen LogP contribution in [0.25, 0.3) is 0 Å². The molecule has 0 aliphatic carbocycles. The molecule has 0 radical (unpaired) electrons. The van der Waals surface area contributed by atoms with Crippen LogP contribution in [0.2, 0.25) is 0 Å². The van der Waals surface area contributed by atoms with Crippen molar-refractivity contribution in [2.45, 2.75) is 0 Å². The summed E-state index contributed by atoms with van der Waals surface area (Å²) in [7, 11) is 1.18. The fraction of sp³-hybridized carbons (Fsp3) is 0.143. The highest BCUT2D eigenvalue weighted by Gasteiger charge is 2.22. The topological polar surface area (TPSA) is 43.4 Å². The van der Waals surface area contributed by atoms with Crippen LogP contribution in [0.4, 0.5) is 0 Å². The van der Waals surface area contributed by atoms with Gasteiger partial charge in [0.05, 0.1) is 16.5 Å². The van der Waals surface area contributed by atoms with Gasteiger partial charge >= 0.3 is 5.97 Å². The van der Waals surface area contributed by atoms with Gasteiger partial charge in [0, 0.05) is 9.85 Å². The first-order valence-electron chi connectivity index (χ1n) is 3.13. The maximum absolute atomic E-state index is 11.3. The number of Topliss-reactive ketones (excluding diaryl/α,β-unsaturated/α-hetero) is 1. The van der Waals surface area contributed by atoms with Crippen molar-refractivity contribution < 1.29 is 14.3 Å². The predicted molar refractivity (Wildman–Crippen MR) is 56.1 cm³/mol. The molecule has 3 nitrogen and oxygen atoms in total. The smallest absolute Gasteiger partial charge is 0.380 e. The number of thiophene rings is 1. The highest BCUT2D eigenvalue weighted by molar-refractivity contribution is 9.13. The Hall–Kier alpha value is -0.200. The summed E-state index contributed by atoms with van der Waals surface area (Å²) < 4.78 is 5.66. The Labute approximate surface area is 95.3 Å². The monoisotopic (exact) mass is 326 g/mol. The van der Waals surface area contributed by atoms with Gasteiger partial charge in [-0.1, -0.05) is 0 Å². The molecule has 0 fully saturated rings. The second-order valence-electron chi connectivity index (χ2n) is 2.05. The van der Waals surface area contributed by atoms with Crippen LogP contribution in [-0.2, 0) is 9.53 Å². The van der Waals surface area contributed by atoms with Gasteiger partial charge < -0.3 is 4.74 Å². The van der Waals surface area contributed by atoms with Crippen LogP contribution in [0.3, 0.4) is 0 Å². The lowest BCUT2D eigenvalue weighted by molar-refractivity contribution is -0.135. The van der Waals surface area contributed by atoms with Crippen LogP contribution in [-0.4, -0.2) is 18.9 Å². The van der Waals surface area contributed by atoms with Gasteiger partial charge in [0.2, 0.25) is 0 Å². The molecule has 0 atom stereocenters. The Morgan fingerprint density at radius 3 is 2.46 bits per heavy atom. The van der Waals surface area contributed by atoms with E-state index >= 15 is 0 Å². The molecule has 0 saturated carbocycles. The number of hydrogen-bond acceptors (Lipinski definition) is 4. The van der Waals surface area contributed by atoms with Gasteiger partial charge in [0.25, 0.3) is 5.78 Å². The standard InChI is InChI=1S/C7H4Br2O3S/c1-12-7(11)5(10)6-4(9)3(8)2-13-6/h2H,1H3. The Morgan fingerprint density at radius 2 is 2.08 bits per heavy atom. The molecule has 0 aliphatic rings. The van der Waals surface area contributed by atoms with Crippen LogP contribution in [0.5, 0.6) is 0 Å². The number of esters is 1. The van der Waals surface area contributed by atoms with E-state index in [4.69, 9.17) is 0 Å². The van der Waals surface area contributed by atoms with E-state index in [0.29, 0.717) is 9.35 Å². The fourth-order valence-corrected chi connectivity index (χ4v) is 2.74. The van der Waals surface area contributed by atoms with E-state index in [1.54, 1.807) is 5.38 Å². The summed E-state index contributed by atoms with van der Waals surface area (Å²) in [6.45, 7) is 0. The molecular weight excluding hydrogens is 324 g/mol. The zero-order chi connectivity index (χ0) is 10.0. The Morgan fingerprint density at radius 1 is 1.46 bits per heavy atom. The number of halogens is 2. The lowest BCUT2D eigenvalue weighted by atomic mass is 10.3. The summed E-state index contributed by atoms with van der Waals surface area (Å²) >= 11 is 7.58. The second-order valence-corrected chi connectivity index (χ2v) is 4.57. The van der Waals surface area contributed by atoms with Gasteiger partial charge in [-0.2, -0.15) is 0 Å². The Kier molecular flexibility index (Phi) is 3.63. The highest BCUT2D eigenvalue weighted by Crippen LogP contribution is 2.32. The minimum atomic E-state index is -0.852. The van der Waals surface area contributed by atoms with Crippen molar-refractivity contribution in [2.75, 3.05) is 7.11 Å².